The molecule has 0 radical (unpaired) electrons. The van der Waals surface area contributed by atoms with Crippen molar-refractivity contribution in [3.63, 3.8) is 0 Å². The first-order valence-corrected chi connectivity index (χ1v) is 12.1. The van der Waals surface area contributed by atoms with Crippen LogP contribution < -0.4 is 10.0 Å². The second-order valence-corrected chi connectivity index (χ2v) is 9.52. The van der Waals surface area contributed by atoms with Crippen LogP contribution in [-0.4, -0.2) is 42.0 Å². The van der Waals surface area contributed by atoms with E-state index in [4.69, 9.17) is 5.10 Å². The van der Waals surface area contributed by atoms with Gasteiger partial charge in [0.1, 0.15) is 5.69 Å². The standard InChI is InChI=1S/C22H26FN5O2S.ClH/c1-2-14-31(29,30)27-20-5-3-4-18(21(20)23)19-15-28(17-8-12-25-13-9-17)26-22(19)16-6-10-24-11-7-16;/h3-7,10-11,15,17,25,27H,2,8-9,12-14H2,1H3;1H. The van der Waals surface area contributed by atoms with E-state index in [1.165, 1.54) is 6.07 Å². The molecule has 172 valence electrons. The molecular formula is C22H27ClFN5O2S. The molecule has 3 heterocycles. The summed E-state index contributed by atoms with van der Waals surface area (Å²) in [6.45, 7) is 3.59. The molecule has 0 unspecified atom stereocenters. The van der Waals surface area contributed by atoms with Crippen molar-refractivity contribution in [1.82, 2.24) is 20.1 Å². The predicted molar refractivity (Wildman–Crippen MR) is 127 cm³/mol. The van der Waals surface area contributed by atoms with Crippen LogP contribution in [0.1, 0.15) is 32.2 Å². The number of halogens is 2. The Hall–Kier alpha value is -2.49. The zero-order valence-electron chi connectivity index (χ0n) is 17.8. The van der Waals surface area contributed by atoms with Gasteiger partial charge in [0, 0.05) is 35.3 Å². The lowest BCUT2D eigenvalue weighted by molar-refractivity contribution is 0.344. The summed E-state index contributed by atoms with van der Waals surface area (Å²) in [4.78, 5) is 4.07. The van der Waals surface area contributed by atoms with E-state index in [9.17, 15) is 8.42 Å². The second kappa shape index (κ2) is 10.4. The topological polar surface area (TPSA) is 88.9 Å². The Morgan fingerprint density at radius 1 is 1.16 bits per heavy atom. The van der Waals surface area contributed by atoms with Gasteiger partial charge < -0.3 is 5.32 Å². The van der Waals surface area contributed by atoms with Crippen molar-refractivity contribution >= 4 is 28.1 Å². The molecule has 1 fully saturated rings. The quantitative estimate of drug-likeness (QED) is 0.528. The molecule has 1 aromatic carbocycles. The average Bonchev–Trinajstić information content (AvgIpc) is 3.21. The first kappa shape index (κ1) is 24.2. The maximum atomic E-state index is 15.5. The summed E-state index contributed by atoms with van der Waals surface area (Å²) >= 11 is 0. The summed E-state index contributed by atoms with van der Waals surface area (Å²) in [7, 11) is -3.61. The van der Waals surface area contributed by atoms with Crippen LogP contribution in [0.3, 0.4) is 0 Å². The zero-order valence-corrected chi connectivity index (χ0v) is 19.4. The molecule has 0 spiro atoms. The number of benzene rings is 1. The number of hydrogen-bond donors (Lipinski definition) is 2. The fourth-order valence-corrected chi connectivity index (χ4v) is 5.01. The smallest absolute Gasteiger partial charge is 0.232 e. The van der Waals surface area contributed by atoms with Crippen molar-refractivity contribution in [2.24, 2.45) is 0 Å². The number of anilines is 1. The van der Waals surface area contributed by atoms with Gasteiger partial charge in [0.15, 0.2) is 5.82 Å². The van der Waals surface area contributed by atoms with Gasteiger partial charge >= 0.3 is 0 Å². The minimum absolute atomic E-state index is 0. The lowest BCUT2D eigenvalue weighted by Gasteiger charge is -2.22. The maximum Gasteiger partial charge on any atom is 0.232 e. The van der Waals surface area contributed by atoms with Crippen molar-refractivity contribution in [1.29, 1.82) is 0 Å². The largest absolute Gasteiger partial charge is 0.317 e. The Bertz CT molecular complexity index is 1150. The normalized spacial score (nSPS) is 14.7. The minimum atomic E-state index is -3.61. The Balaban J connectivity index is 0.00000289. The molecule has 0 atom stereocenters. The molecule has 3 aromatic rings. The third-order valence-electron chi connectivity index (χ3n) is 5.40. The summed E-state index contributed by atoms with van der Waals surface area (Å²) < 4.78 is 44.2. The van der Waals surface area contributed by atoms with E-state index in [1.54, 1.807) is 31.5 Å². The Kier molecular flexibility index (Phi) is 7.86. The molecule has 4 rings (SSSR count). The summed E-state index contributed by atoms with van der Waals surface area (Å²) in [5.41, 5.74) is 2.35. The molecule has 0 saturated carbocycles. The second-order valence-electron chi connectivity index (χ2n) is 7.68. The lowest BCUT2D eigenvalue weighted by atomic mass is 10.0. The average molecular weight is 480 g/mol. The molecule has 0 aliphatic carbocycles. The highest BCUT2D eigenvalue weighted by Crippen LogP contribution is 2.36. The van der Waals surface area contributed by atoms with Crippen LogP contribution in [0.5, 0.6) is 0 Å². The molecule has 10 heteroatoms. The molecule has 7 nitrogen and oxygen atoms in total. The highest BCUT2D eigenvalue weighted by molar-refractivity contribution is 7.92. The van der Waals surface area contributed by atoms with Crippen LogP contribution in [0.25, 0.3) is 22.4 Å². The predicted octanol–water partition coefficient (Wildman–Crippen LogP) is 4.25. The number of aromatic nitrogens is 3. The van der Waals surface area contributed by atoms with Crippen molar-refractivity contribution < 1.29 is 12.8 Å². The summed E-state index contributed by atoms with van der Waals surface area (Å²) in [5, 5.41) is 8.15. The molecule has 1 saturated heterocycles. The molecule has 0 bridgehead atoms. The van der Waals surface area contributed by atoms with E-state index in [2.05, 4.69) is 15.0 Å². The van der Waals surface area contributed by atoms with Gasteiger partial charge in [0.25, 0.3) is 0 Å². The number of rotatable bonds is 7. The molecule has 32 heavy (non-hydrogen) atoms. The summed E-state index contributed by atoms with van der Waals surface area (Å²) in [5.74, 6) is -0.672. The Labute approximate surface area is 193 Å². The van der Waals surface area contributed by atoms with Crippen molar-refractivity contribution in [2.45, 2.75) is 32.2 Å². The van der Waals surface area contributed by atoms with Crippen molar-refractivity contribution in [3.8, 4) is 22.4 Å². The van der Waals surface area contributed by atoms with Crippen LogP contribution in [0.4, 0.5) is 10.1 Å². The van der Waals surface area contributed by atoms with E-state index in [0.717, 1.165) is 31.5 Å². The molecule has 1 aliphatic heterocycles. The monoisotopic (exact) mass is 479 g/mol. The van der Waals surface area contributed by atoms with E-state index in [-0.39, 0.29) is 29.9 Å². The molecule has 2 N–H and O–H groups in total. The fourth-order valence-electron chi connectivity index (χ4n) is 3.88. The number of sulfonamides is 1. The third kappa shape index (κ3) is 5.28. The van der Waals surface area contributed by atoms with Gasteiger partial charge in [-0.15, -0.1) is 12.4 Å². The van der Waals surface area contributed by atoms with Gasteiger partial charge in [0.2, 0.25) is 10.0 Å². The number of hydrogen-bond acceptors (Lipinski definition) is 5. The molecule has 2 aromatic heterocycles. The Morgan fingerprint density at radius 3 is 2.56 bits per heavy atom. The van der Waals surface area contributed by atoms with Gasteiger partial charge in [-0.1, -0.05) is 19.1 Å². The lowest BCUT2D eigenvalue weighted by Crippen LogP contribution is -2.29. The third-order valence-corrected chi connectivity index (χ3v) is 6.87. The van der Waals surface area contributed by atoms with Crippen LogP contribution in [-0.2, 0) is 10.0 Å². The first-order chi connectivity index (χ1) is 15.0. The summed E-state index contributed by atoms with van der Waals surface area (Å²) in [6.07, 6.45) is 7.55. The van der Waals surface area contributed by atoms with E-state index in [1.807, 2.05) is 23.0 Å². The van der Waals surface area contributed by atoms with Crippen molar-refractivity contribution in [3.05, 3.63) is 54.7 Å². The number of piperidine rings is 1. The number of pyridine rings is 1. The van der Waals surface area contributed by atoms with Crippen LogP contribution in [0.15, 0.2) is 48.9 Å². The highest BCUT2D eigenvalue weighted by Gasteiger charge is 2.23. The number of nitrogens with zero attached hydrogens (tertiary/aromatic N) is 3. The van der Waals surface area contributed by atoms with E-state index >= 15 is 4.39 Å². The van der Waals surface area contributed by atoms with Gasteiger partial charge in [-0.25, -0.2) is 12.8 Å². The van der Waals surface area contributed by atoms with E-state index in [0.29, 0.717) is 23.2 Å². The molecule has 0 amide bonds. The zero-order chi connectivity index (χ0) is 21.8. The first-order valence-electron chi connectivity index (χ1n) is 10.5. The van der Waals surface area contributed by atoms with Gasteiger partial charge in [-0.2, -0.15) is 5.10 Å². The minimum Gasteiger partial charge on any atom is -0.317 e. The van der Waals surface area contributed by atoms with Gasteiger partial charge in [0.05, 0.1) is 17.5 Å². The summed E-state index contributed by atoms with van der Waals surface area (Å²) in [6, 6.07) is 8.65. The van der Waals surface area contributed by atoms with Crippen LogP contribution >= 0.6 is 12.4 Å². The number of nitrogens with one attached hydrogen (secondary N) is 2. The maximum absolute atomic E-state index is 15.5. The van der Waals surface area contributed by atoms with Crippen molar-refractivity contribution in [2.75, 3.05) is 23.6 Å². The van der Waals surface area contributed by atoms with Crippen LogP contribution in [0.2, 0.25) is 0 Å². The van der Waals surface area contributed by atoms with Gasteiger partial charge in [-0.05, 0) is 50.6 Å². The highest BCUT2D eigenvalue weighted by atomic mass is 35.5. The SMILES string of the molecule is CCCS(=O)(=O)Nc1cccc(-c2cn(C3CCNCC3)nc2-c2ccncc2)c1F.Cl. The fraction of sp³-hybridized carbons (Fsp3) is 0.364. The van der Waals surface area contributed by atoms with E-state index < -0.39 is 15.8 Å². The van der Waals surface area contributed by atoms with Gasteiger partial charge in [-0.3, -0.25) is 14.4 Å². The van der Waals surface area contributed by atoms with Crippen LogP contribution in [0, 0.1) is 5.82 Å². The molecule has 1 aliphatic rings. The molecular weight excluding hydrogens is 453 g/mol. The Morgan fingerprint density at radius 2 is 1.88 bits per heavy atom.